The number of rotatable bonds is 9. The smallest absolute Gasteiger partial charge is 0.243 e. The third-order valence-electron chi connectivity index (χ3n) is 4.10. The van der Waals surface area contributed by atoms with Crippen molar-refractivity contribution in [1.82, 2.24) is 9.03 Å². The topological polar surface area (TPSA) is 92.8 Å². The monoisotopic (exact) mass is 412 g/mol. The van der Waals surface area contributed by atoms with E-state index in [2.05, 4.69) is 4.72 Å². The summed E-state index contributed by atoms with van der Waals surface area (Å²) >= 11 is 0. The number of sulfonamides is 2. The van der Waals surface area contributed by atoms with Gasteiger partial charge < -0.3 is 4.74 Å². The van der Waals surface area contributed by atoms with E-state index in [1.165, 1.54) is 35.7 Å². The molecule has 0 fully saturated rings. The van der Waals surface area contributed by atoms with Gasteiger partial charge in [0.1, 0.15) is 5.75 Å². The summed E-state index contributed by atoms with van der Waals surface area (Å²) in [5.74, 6) is 0.568. The van der Waals surface area contributed by atoms with Gasteiger partial charge in [0, 0.05) is 19.6 Å². The average molecular weight is 413 g/mol. The molecule has 148 valence electrons. The molecule has 2 aromatic rings. The fraction of sp³-hybridized carbons (Fsp3) is 0.333. The van der Waals surface area contributed by atoms with Crippen LogP contribution in [0.3, 0.4) is 0 Å². The molecule has 0 heterocycles. The van der Waals surface area contributed by atoms with Crippen molar-refractivity contribution in [1.29, 1.82) is 0 Å². The third kappa shape index (κ3) is 5.07. The zero-order valence-electron chi connectivity index (χ0n) is 15.5. The average Bonchev–Trinajstić information content (AvgIpc) is 2.67. The number of hydrogen-bond donors (Lipinski definition) is 1. The van der Waals surface area contributed by atoms with Crippen molar-refractivity contribution in [2.24, 2.45) is 0 Å². The molecule has 0 atom stereocenters. The van der Waals surface area contributed by atoms with Crippen molar-refractivity contribution >= 4 is 20.0 Å². The van der Waals surface area contributed by atoms with Crippen LogP contribution in [0.4, 0.5) is 0 Å². The van der Waals surface area contributed by atoms with Crippen LogP contribution in [0.5, 0.6) is 5.75 Å². The van der Waals surface area contributed by atoms with E-state index in [4.69, 9.17) is 4.74 Å². The second-order valence-electron chi connectivity index (χ2n) is 5.73. The summed E-state index contributed by atoms with van der Waals surface area (Å²) in [6.45, 7) is 4.40. The molecule has 0 saturated heterocycles. The first-order chi connectivity index (χ1) is 12.7. The second kappa shape index (κ2) is 8.83. The van der Waals surface area contributed by atoms with Crippen molar-refractivity contribution in [2.45, 2.75) is 30.2 Å². The van der Waals surface area contributed by atoms with E-state index in [0.29, 0.717) is 24.4 Å². The van der Waals surface area contributed by atoms with Gasteiger partial charge >= 0.3 is 0 Å². The van der Waals surface area contributed by atoms with Crippen LogP contribution < -0.4 is 9.46 Å². The van der Waals surface area contributed by atoms with E-state index in [0.717, 1.165) is 0 Å². The fourth-order valence-electron chi connectivity index (χ4n) is 2.51. The van der Waals surface area contributed by atoms with Crippen molar-refractivity contribution in [3.8, 4) is 5.75 Å². The molecule has 0 aromatic heterocycles. The molecule has 7 nitrogen and oxygen atoms in total. The zero-order chi connectivity index (χ0) is 20.1. The van der Waals surface area contributed by atoms with Gasteiger partial charge in [0.2, 0.25) is 20.0 Å². The minimum Gasteiger partial charge on any atom is -0.497 e. The van der Waals surface area contributed by atoms with Crippen molar-refractivity contribution in [2.75, 3.05) is 20.2 Å². The van der Waals surface area contributed by atoms with Crippen molar-refractivity contribution in [3.63, 3.8) is 0 Å². The molecule has 0 aliphatic rings. The number of nitrogens with one attached hydrogen (secondary N) is 1. The molecule has 0 spiro atoms. The second-order valence-corrected chi connectivity index (χ2v) is 9.44. The summed E-state index contributed by atoms with van der Waals surface area (Å²) < 4.78 is 58.5. The van der Waals surface area contributed by atoms with Crippen LogP contribution >= 0.6 is 0 Å². The van der Waals surface area contributed by atoms with Gasteiger partial charge in [-0.25, -0.2) is 21.6 Å². The highest BCUT2D eigenvalue weighted by Crippen LogP contribution is 2.18. The normalized spacial score (nSPS) is 12.3. The van der Waals surface area contributed by atoms with Crippen LogP contribution in [-0.2, 0) is 26.6 Å². The number of methoxy groups -OCH3 is 1. The van der Waals surface area contributed by atoms with Gasteiger partial charge in [-0.3, -0.25) is 0 Å². The summed E-state index contributed by atoms with van der Waals surface area (Å²) in [5, 5.41) is 0. The molecule has 0 bridgehead atoms. The molecule has 0 radical (unpaired) electrons. The Morgan fingerprint density at radius 1 is 0.852 bits per heavy atom. The first kappa shape index (κ1) is 21.4. The maximum atomic E-state index is 12.5. The number of ether oxygens (including phenoxy) is 1. The molecule has 27 heavy (non-hydrogen) atoms. The zero-order valence-corrected chi connectivity index (χ0v) is 17.2. The van der Waals surface area contributed by atoms with Crippen molar-refractivity contribution in [3.05, 3.63) is 54.1 Å². The van der Waals surface area contributed by atoms with Crippen LogP contribution in [0, 0.1) is 0 Å². The Hall–Kier alpha value is -1.94. The van der Waals surface area contributed by atoms with E-state index in [1.807, 2.05) is 0 Å². The summed E-state index contributed by atoms with van der Waals surface area (Å²) in [7, 11) is -5.70. The molecule has 0 aliphatic heterocycles. The minimum atomic E-state index is -3.68. The standard InChI is InChI=1S/C18H24N2O5S2/c1-4-20(5-2)27(23,24)18-10-6-15(7-11-18)14-19-26(21,22)17-12-8-16(25-3)9-13-17/h6-13,19H,4-5,14H2,1-3H3. The lowest BCUT2D eigenvalue weighted by Crippen LogP contribution is -2.30. The van der Waals surface area contributed by atoms with E-state index < -0.39 is 20.0 Å². The first-order valence-electron chi connectivity index (χ1n) is 8.47. The summed E-state index contributed by atoms with van der Waals surface area (Å²) in [6.07, 6.45) is 0. The maximum absolute atomic E-state index is 12.5. The van der Waals surface area contributed by atoms with Gasteiger partial charge in [-0.1, -0.05) is 26.0 Å². The SMILES string of the molecule is CCN(CC)S(=O)(=O)c1ccc(CNS(=O)(=O)c2ccc(OC)cc2)cc1. The lowest BCUT2D eigenvalue weighted by molar-refractivity contribution is 0.414. The lowest BCUT2D eigenvalue weighted by atomic mass is 10.2. The third-order valence-corrected chi connectivity index (χ3v) is 7.58. The first-order valence-corrected chi connectivity index (χ1v) is 11.4. The highest BCUT2D eigenvalue weighted by atomic mass is 32.2. The van der Waals surface area contributed by atoms with E-state index in [9.17, 15) is 16.8 Å². The summed E-state index contributed by atoms with van der Waals surface area (Å²) in [5.41, 5.74) is 0.658. The maximum Gasteiger partial charge on any atom is 0.243 e. The Morgan fingerprint density at radius 3 is 1.85 bits per heavy atom. The van der Waals surface area contributed by atoms with E-state index >= 15 is 0 Å². The predicted molar refractivity (Wildman–Crippen MR) is 104 cm³/mol. The van der Waals surface area contributed by atoms with E-state index in [-0.39, 0.29) is 16.3 Å². The highest BCUT2D eigenvalue weighted by molar-refractivity contribution is 7.89. The summed E-state index contributed by atoms with van der Waals surface area (Å²) in [4.78, 5) is 0.317. The Bertz CT molecular complexity index is 950. The van der Waals surface area contributed by atoms with Gasteiger partial charge in [-0.15, -0.1) is 0 Å². The Labute approximate surface area is 161 Å². The van der Waals surface area contributed by atoms with Gasteiger partial charge in [-0.05, 0) is 42.0 Å². The molecule has 0 unspecified atom stereocenters. The predicted octanol–water partition coefficient (Wildman–Crippen LogP) is 2.20. The molecule has 9 heteroatoms. The molecule has 0 amide bonds. The van der Waals surface area contributed by atoms with Crippen LogP contribution in [-0.4, -0.2) is 41.3 Å². The van der Waals surface area contributed by atoms with E-state index in [1.54, 1.807) is 38.1 Å². The molecule has 1 N–H and O–H groups in total. The molecule has 0 saturated carbocycles. The van der Waals surface area contributed by atoms with Gasteiger partial charge in [0.25, 0.3) is 0 Å². The van der Waals surface area contributed by atoms with Crippen LogP contribution in [0.15, 0.2) is 58.3 Å². The Morgan fingerprint density at radius 2 is 1.37 bits per heavy atom. The van der Waals surface area contributed by atoms with Crippen LogP contribution in [0.25, 0.3) is 0 Å². The molecule has 2 rings (SSSR count). The van der Waals surface area contributed by atoms with Gasteiger partial charge in [0.05, 0.1) is 16.9 Å². The van der Waals surface area contributed by atoms with Crippen LogP contribution in [0.1, 0.15) is 19.4 Å². The van der Waals surface area contributed by atoms with Gasteiger partial charge in [-0.2, -0.15) is 4.31 Å². The Balaban J connectivity index is 2.10. The number of benzene rings is 2. The fourth-order valence-corrected chi connectivity index (χ4v) is 4.98. The number of nitrogens with zero attached hydrogens (tertiary/aromatic N) is 1. The molecule has 2 aromatic carbocycles. The Kier molecular flexibility index (Phi) is 6.99. The highest BCUT2D eigenvalue weighted by Gasteiger charge is 2.21. The minimum absolute atomic E-state index is 0.0555. The quantitative estimate of drug-likeness (QED) is 0.682. The largest absolute Gasteiger partial charge is 0.497 e. The van der Waals surface area contributed by atoms with Crippen LogP contribution in [0.2, 0.25) is 0 Å². The molecular weight excluding hydrogens is 388 g/mol. The molecular formula is C18H24N2O5S2. The van der Waals surface area contributed by atoms with Gasteiger partial charge in [0.15, 0.2) is 0 Å². The number of hydrogen-bond acceptors (Lipinski definition) is 5. The van der Waals surface area contributed by atoms with Crippen molar-refractivity contribution < 1.29 is 21.6 Å². The summed E-state index contributed by atoms with van der Waals surface area (Å²) in [6, 6.07) is 12.2. The molecule has 0 aliphatic carbocycles. The lowest BCUT2D eigenvalue weighted by Gasteiger charge is -2.18.